The first kappa shape index (κ1) is 19.2. The van der Waals surface area contributed by atoms with E-state index >= 15 is 0 Å². The molecule has 7 nitrogen and oxygen atoms in total. The highest BCUT2D eigenvalue weighted by atomic mass is 16.5. The predicted molar refractivity (Wildman–Crippen MR) is 113 cm³/mol. The van der Waals surface area contributed by atoms with Gasteiger partial charge in [-0.15, -0.1) is 0 Å². The molecule has 1 aliphatic rings. The minimum Gasteiger partial charge on any atom is -0.379 e. The maximum atomic E-state index is 12.4. The molecule has 0 saturated carbocycles. The molecule has 2 aromatic carbocycles. The van der Waals surface area contributed by atoms with Crippen molar-refractivity contribution >= 4 is 34.1 Å². The van der Waals surface area contributed by atoms with Gasteiger partial charge in [0, 0.05) is 41.6 Å². The first-order valence-corrected chi connectivity index (χ1v) is 9.72. The zero-order chi connectivity index (χ0) is 20.1. The SMILES string of the molecule is O=C(Cc1c[nH]c2ccccc12)Nc1ccc(NC(=O)CN2CCOCC2)cc1. The van der Waals surface area contributed by atoms with Gasteiger partial charge in [0.25, 0.3) is 0 Å². The highest BCUT2D eigenvalue weighted by Crippen LogP contribution is 2.19. The number of benzene rings is 2. The van der Waals surface area contributed by atoms with Crippen LogP contribution >= 0.6 is 0 Å². The van der Waals surface area contributed by atoms with Crippen molar-refractivity contribution in [2.24, 2.45) is 0 Å². The van der Waals surface area contributed by atoms with E-state index in [0.717, 1.165) is 29.6 Å². The normalized spacial score (nSPS) is 14.6. The van der Waals surface area contributed by atoms with Gasteiger partial charge in [-0.2, -0.15) is 0 Å². The summed E-state index contributed by atoms with van der Waals surface area (Å²) in [6.07, 6.45) is 2.17. The number of hydrogen-bond donors (Lipinski definition) is 3. The van der Waals surface area contributed by atoms with Crippen molar-refractivity contribution in [1.82, 2.24) is 9.88 Å². The highest BCUT2D eigenvalue weighted by molar-refractivity contribution is 5.96. The quantitative estimate of drug-likeness (QED) is 0.602. The van der Waals surface area contributed by atoms with Gasteiger partial charge in [0.05, 0.1) is 26.2 Å². The number of nitrogens with one attached hydrogen (secondary N) is 3. The Hall–Kier alpha value is -3.16. The van der Waals surface area contributed by atoms with Crippen LogP contribution in [0.2, 0.25) is 0 Å². The van der Waals surface area contributed by atoms with E-state index in [4.69, 9.17) is 4.74 Å². The molecular formula is C22H24N4O3. The Kier molecular flexibility index (Phi) is 5.88. The zero-order valence-electron chi connectivity index (χ0n) is 16.1. The molecule has 2 amide bonds. The third-order valence-electron chi connectivity index (χ3n) is 4.95. The fourth-order valence-corrected chi connectivity index (χ4v) is 3.46. The number of ether oxygens (including phenoxy) is 1. The second-order valence-corrected chi connectivity index (χ2v) is 7.10. The minimum atomic E-state index is -0.0844. The van der Waals surface area contributed by atoms with Crippen LogP contribution in [0.15, 0.2) is 54.7 Å². The highest BCUT2D eigenvalue weighted by Gasteiger charge is 2.14. The van der Waals surface area contributed by atoms with Crippen LogP contribution in [-0.2, 0) is 20.7 Å². The number of carbonyl (C=O) groups is 2. The number of amides is 2. The number of hydrogen-bond acceptors (Lipinski definition) is 4. The van der Waals surface area contributed by atoms with E-state index < -0.39 is 0 Å². The van der Waals surface area contributed by atoms with Gasteiger partial charge in [-0.1, -0.05) is 18.2 Å². The number of nitrogens with zero attached hydrogens (tertiary/aromatic N) is 1. The van der Waals surface area contributed by atoms with Gasteiger partial charge in [-0.3, -0.25) is 14.5 Å². The fourth-order valence-electron chi connectivity index (χ4n) is 3.46. The number of fused-ring (bicyclic) bond motifs is 1. The number of morpholine rings is 1. The number of aromatic amines is 1. The summed E-state index contributed by atoms with van der Waals surface area (Å²) in [6, 6.07) is 15.1. The van der Waals surface area contributed by atoms with Gasteiger partial charge in [0.2, 0.25) is 11.8 Å². The molecule has 0 atom stereocenters. The zero-order valence-corrected chi connectivity index (χ0v) is 16.1. The summed E-state index contributed by atoms with van der Waals surface area (Å²) in [5, 5.41) is 6.85. The molecule has 4 rings (SSSR count). The Labute approximate surface area is 169 Å². The lowest BCUT2D eigenvalue weighted by molar-refractivity contribution is -0.118. The van der Waals surface area contributed by atoms with Crippen LogP contribution in [0.25, 0.3) is 10.9 Å². The van der Waals surface area contributed by atoms with E-state index in [2.05, 4.69) is 20.5 Å². The summed E-state index contributed by atoms with van der Waals surface area (Å²) in [5.74, 6) is -0.137. The summed E-state index contributed by atoms with van der Waals surface area (Å²) in [7, 11) is 0. The van der Waals surface area contributed by atoms with Gasteiger partial charge in [-0.25, -0.2) is 0 Å². The molecule has 150 valence electrons. The van der Waals surface area contributed by atoms with Gasteiger partial charge >= 0.3 is 0 Å². The lowest BCUT2D eigenvalue weighted by Crippen LogP contribution is -2.41. The van der Waals surface area contributed by atoms with Crippen molar-refractivity contribution in [3.05, 3.63) is 60.3 Å². The van der Waals surface area contributed by atoms with Crippen molar-refractivity contribution in [3.63, 3.8) is 0 Å². The molecule has 1 saturated heterocycles. The van der Waals surface area contributed by atoms with E-state index in [1.54, 1.807) is 24.3 Å². The van der Waals surface area contributed by atoms with E-state index in [0.29, 0.717) is 37.6 Å². The smallest absolute Gasteiger partial charge is 0.238 e. The number of carbonyl (C=O) groups excluding carboxylic acids is 2. The molecule has 0 spiro atoms. The molecule has 1 aromatic heterocycles. The first-order chi connectivity index (χ1) is 14.2. The predicted octanol–water partition coefficient (Wildman–Crippen LogP) is 2.62. The van der Waals surface area contributed by atoms with Crippen LogP contribution in [0, 0.1) is 0 Å². The summed E-state index contributed by atoms with van der Waals surface area (Å²) in [5.41, 5.74) is 3.39. The van der Waals surface area contributed by atoms with Crippen LogP contribution < -0.4 is 10.6 Å². The topological polar surface area (TPSA) is 86.5 Å². The van der Waals surface area contributed by atoms with Gasteiger partial charge in [0.15, 0.2) is 0 Å². The number of rotatable bonds is 6. The molecule has 1 aliphatic heterocycles. The van der Waals surface area contributed by atoms with Gasteiger partial charge in [0.1, 0.15) is 0 Å². The molecule has 29 heavy (non-hydrogen) atoms. The van der Waals surface area contributed by atoms with Crippen LogP contribution in [0.3, 0.4) is 0 Å². The number of aromatic nitrogens is 1. The molecule has 0 unspecified atom stereocenters. The van der Waals surface area contributed by atoms with Crippen molar-refractivity contribution in [1.29, 1.82) is 0 Å². The van der Waals surface area contributed by atoms with E-state index in [-0.39, 0.29) is 11.8 Å². The van der Waals surface area contributed by atoms with Crippen LogP contribution in [0.5, 0.6) is 0 Å². The first-order valence-electron chi connectivity index (χ1n) is 9.72. The molecule has 7 heteroatoms. The number of H-pyrrole nitrogens is 1. The molecule has 1 fully saturated rings. The monoisotopic (exact) mass is 392 g/mol. The summed E-state index contributed by atoms with van der Waals surface area (Å²) < 4.78 is 5.29. The standard InChI is InChI=1S/C22H24N4O3/c27-21(13-16-14-23-20-4-2-1-3-19(16)20)24-17-5-7-18(8-6-17)25-22(28)15-26-9-11-29-12-10-26/h1-8,14,23H,9-13,15H2,(H,24,27)(H,25,28). The average Bonchev–Trinajstić information content (AvgIpc) is 3.13. The lowest BCUT2D eigenvalue weighted by Gasteiger charge is -2.25. The molecular weight excluding hydrogens is 368 g/mol. The second kappa shape index (κ2) is 8.89. The van der Waals surface area contributed by atoms with Crippen molar-refractivity contribution in [3.8, 4) is 0 Å². The van der Waals surface area contributed by atoms with E-state index in [1.165, 1.54) is 0 Å². The van der Waals surface area contributed by atoms with Crippen molar-refractivity contribution < 1.29 is 14.3 Å². The largest absolute Gasteiger partial charge is 0.379 e. The van der Waals surface area contributed by atoms with Crippen molar-refractivity contribution in [2.75, 3.05) is 43.5 Å². The average molecular weight is 392 g/mol. The van der Waals surface area contributed by atoms with Gasteiger partial charge < -0.3 is 20.4 Å². The fraction of sp³-hybridized carbons (Fsp3) is 0.273. The maximum absolute atomic E-state index is 12.4. The molecule has 0 bridgehead atoms. The Morgan fingerprint density at radius 3 is 2.31 bits per heavy atom. The maximum Gasteiger partial charge on any atom is 0.238 e. The third-order valence-corrected chi connectivity index (χ3v) is 4.95. The Bertz CT molecular complexity index is 991. The Balaban J connectivity index is 1.29. The second-order valence-electron chi connectivity index (χ2n) is 7.10. The minimum absolute atomic E-state index is 0.0528. The van der Waals surface area contributed by atoms with Crippen molar-refractivity contribution in [2.45, 2.75) is 6.42 Å². The molecule has 3 N–H and O–H groups in total. The van der Waals surface area contributed by atoms with Crippen LogP contribution in [-0.4, -0.2) is 54.5 Å². The summed E-state index contributed by atoms with van der Waals surface area (Å²) in [6.45, 7) is 3.23. The van der Waals surface area contributed by atoms with E-state index in [1.807, 2.05) is 30.5 Å². The molecule has 2 heterocycles. The summed E-state index contributed by atoms with van der Waals surface area (Å²) >= 11 is 0. The number of anilines is 2. The molecule has 0 radical (unpaired) electrons. The lowest BCUT2D eigenvalue weighted by atomic mass is 10.1. The van der Waals surface area contributed by atoms with Gasteiger partial charge in [-0.05, 0) is 35.9 Å². The Morgan fingerprint density at radius 1 is 0.931 bits per heavy atom. The third kappa shape index (κ3) is 5.01. The summed E-state index contributed by atoms with van der Waals surface area (Å²) in [4.78, 5) is 29.8. The van der Waals surface area contributed by atoms with Crippen LogP contribution in [0.1, 0.15) is 5.56 Å². The molecule has 3 aromatic rings. The Morgan fingerprint density at radius 2 is 1.59 bits per heavy atom. The number of para-hydroxylation sites is 1. The van der Waals surface area contributed by atoms with E-state index in [9.17, 15) is 9.59 Å². The molecule has 0 aliphatic carbocycles. The van der Waals surface area contributed by atoms with Crippen LogP contribution in [0.4, 0.5) is 11.4 Å².